The molecule has 1 aromatic rings. The zero-order valence-electron chi connectivity index (χ0n) is 8.47. The lowest BCUT2D eigenvalue weighted by Gasteiger charge is -2.20. The van der Waals surface area contributed by atoms with E-state index in [4.69, 9.17) is 0 Å². The lowest BCUT2D eigenvalue weighted by atomic mass is 9.95. The first-order chi connectivity index (χ1) is 7.20. The molecule has 1 saturated heterocycles. The van der Waals surface area contributed by atoms with Gasteiger partial charge in [-0.1, -0.05) is 0 Å². The van der Waals surface area contributed by atoms with Crippen LogP contribution in [0.1, 0.15) is 31.4 Å². The summed E-state index contributed by atoms with van der Waals surface area (Å²) >= 11 is 0. The number of cyclic esters (lactones) is 2. The second-order valence-electron chi connectivity index (χ2n) is 3.52. The van der Waals surface area contributed by atoms with E-state index in [0.29, 0.717) is 0 Å². The maximum atomic E-state index is 11.1. The van der Waals surface area contributed by atoms with E-state index in [1.165, 1.54) is 0 Å². The molecule has 0 amide bonds. The Balaban J connectivity index is 2.23. The van der Waals surface area contributed by atoms with Gasteiger partial charge in [0.05, 0.1) is 12.8 Å². The molecule has 0 radical (unpaired) electrons. The highest BCUT2D eigenvalue weighted by molar-refractivity contribution is 5.89. The van der Waals surface area contributed by atoms with Crippen molar-refractivity contribution in [3.8, 4) is 0 Å². The van der Waals surface area contributed by atoms with Crippen LogP contribution in [0.25, 0.3) is 0 Å². The fourth-order valence-corrected chi connectivity index (χ4v) is 1.85. The summed E-state index contributed by atoms with van der Waals surface area (Å²) in [6, 6.07) is 1.85. The lowest BCUT2D eigenvalue weighted by Crippen LogP contribution is -2.25. The fourth-order valence-electron chi connectivity index (χ4n) is 1.85. The Kier molecular flexibility index (Phi) is 2.53. The molecule has 5 nitrogen and oxygen atoms in total. The molecule has 0 aliphatic carbocycles. The van der Waals surface area contributed by atoms with Crippen LogP contribution in [0.4, 0.5) is 0 Å². The minimum absolute atomic E-state index is 0.0822. The maximum Gasteiger partial charge on any atom is 0.314 e. The van der Waals surface area contributed by atoms with Gasteiger partial charge in [0, 0.05) is 24.4 Å². The quantitative estimate of drug-likeness (QED) is 0.534. The van der Waals surface area contributed by atoms with Crippen LogP contribution in [0.3, 0.4) is 0 Å². The van der Waals surface area contributed by atoms with Crippen molar-refractivity contribution in [3.05, 3.63) is 18.0 Å². The van der Waals surface area contributed by atoms with Crippen molar-refractivity contribution in [2.24, 2.45) is 0 Å². The fraction of sp³-hybridized carbons (Fsp3) is 0.500. The molecule has 0 N–H and O–H groups in total. The Morgan fingerprint density at radius 1 is 1.47 bits per heavy atom. The molecule has 0 spiro atoms. The van der Waals surface area contributed by atoms with Crippen LogP contribution in [0.2, 0.25) is 0 Å². The van der Waals surface area contributed by atoms with Gasteiger partial charge in [0.2, 0.25) is 0 Å². The second-order valence-corrected chi connectivity index (χ2v) is 3.52. The molecule has 15 heavy (non-hydrogen) atoms. The number of aromatic nitrogens is 2. The number of carbonyl (C=O) groups is 2. The van der Waals surface area contributed by atoms with Gasteiger partial charge in [-0.2, -0.15) is 5.10 Å². The van der Waals surface area contributed by atoms with Crippen molar-refractivity contribution in [1.29, 1.82) is 0 Å². The van der Waals surface area contributed by atoms with E-state index in [1.54, 1.807) is 10.9 Å². The first-order valence-electron chi connectivity index (χ1n) is 4.96. The predicted octanol–water partition coefficient (Wildman–Crippen LogP) is 0.850. The highest BCUT2D eigenvalue weighted by Crippen LogP contribution is 2.27. The first-order valence-corrected chi connectivity index (χ1v) is 4.96. The first kappa shape index (κ1) is 9.89. The maximum absolute atomic E-state index is 11.1. The topological polar surface area (TPSA) is 61.2 Å². The number of hydrogen-bond donors (Lipinski definition) is 0. The molecule has 80 valence electrons. The number of aryl methyl sites for hydroxylation is 1. The van der Waals surface area contributed by atoms with Gasteiger partial charge in [0.15, 0.2) is 0 Å². The van der Waals surface area contributed by atoms with Gasteiger partial charge >= 0.3 is 11.9 Å². The van der Waals surface area contributed by atoms with E-state index in [2.05, 4.69) is 9.84 Å². The van der Waals surface area contributed by atoms with E-state index in [-0.39, 0.29) is 18.8 Å². The molecule has 2 heterocycles. The zero-order chi connectivity index (χ0) is 10.8. The van der Waals surface area contributed by atoms with Crippen molar-refractivity contribution in [2.75, 3.05) is 0 Å². The molecule has 0 saturated carbocycles. The zero-order valence-corrected chi connectivity index (χ0v) is 8.47. The van der Waals surface area contributed by atoms with Gasteiger partial charge in [-0.25, -0.2) is 0 Å². The molecule has 2 rings (SSSR count). The Morgan fingerprint density at radius 2 is 2.13 bits per heavy atom. The highest BCUT2D eigenvalue weighted by atomic mass is 16.6. The standard InChI is InChI=1S/C10H12N2O3/c1-2-12-8(3-4-11-12)7-5-9(13)15-10(14)6-7/h3-4,7H,2,5-6H2,1H3. The van der Waals surface area contributed by atoms with Crippen LogP contribution in [-0.4, -0.2) is 21.7 Å². The summed E-state index contributed by atoms with van der Waals surface area (Å²) in [6.07, 6.45) is 2.21. The van der Waals surface area contributed by atoms with Gasteiger partial charge in [-0.15, -0.1) is 0 Å². The van der Waals surface area contributed by atoms with E-state index in [1.807, 2.05) is 13.0 Å². The van der Waals surface area contributed by atoms with Crippen LogP contribution in [0.15, 0.2) is 12.3 Å². The Bertz CT molecular complexity index is 381. The Labute approximate surface area is 87.0 Å². The molecule has 5 heteroatoms. The van der Waals surface area contributed by atoms with Gasteiger partial charge in [-0.3, -0.25) is 14.3 Å². The molecule has 1 aromatic heterocycles. The molecule has 1 aliphatic heterocycles. The average molecular weight is 208 g/mol. The van der Waals surface area contributed by atoms with Crippen LogP contribution in [-0.2, 0) is 20.9 Å². The number of esters is 2. The molecular formula is C10H12N2O3. The third-order valence-electron chi connectivity index (χ3n) is 2.52. The third-order valence-corrected chi connectivity index (χ3v) is 2.52. The minimum Gasteiger partial charge on any atom is -0.393 e. The summed E-state index contributed by atoms with van der Waals surface area (Å²) in [6.45, 7) is 2.71. The molecule has 1 aliphatic rings. The SMILES string of the molecule is CCn1nccc1C1CC(=O)OC(=O)C1. The largest absolute Gasteiger partial charge is 0.393 e. The second kappa shape index (κ2) is 3.84. The molecule has 0 atom stereocenters. The smallest absolute Gasteiger partial charge is 0.314 e. The minimum atomic E-state index is -0.444. The molecular weight excluding hydrogens is 196 g/mol. The van der Waals surface area contributed by atoms with Crippen molar-refractivity contribution in [1.82, 2.24) is 9.78 Å². The highest BCUT2D eigenvalue weighted by Gasteiger charge is 2.30. The normalized spacial score (nSPS) is 17.9. The van der Waals surface area contributed by atoms with E-state index in [9.17, 15) is 9.59 Å². The number of ether oxygens (including phenoxy) is 1. The number of hydrogen-bond acceptors (Lipinski definition) is 4. The van der Waals surface area contributed by atoms with E-state index in [0.717, 1.165) is 12.2 Å². The van der Waals surface area contributed by atoms with E-state index < -0.39 is 11.9 Å². The van der Waals surface area contributed by atoms with Gasteiger partial charge in [-0.05, 0) is 13.0 Å². The summed E-state index contributed by atoms with van der Waals surface area (Å²) in [5.74, 6) is -0.971. The summed E-state index contributed by atoms with van der Waals surface area (Å²) in [5.41, 5.74) is 0.933. The summed E-state index contributed by atoms with van der Waals surface area (Å²) in [7, 11) is 0. The molecule has 0 aromatic carbocycles. The number of carbonyl (C=O) groups excluding carboxylic acids is 2. The Hall–Kier alpha value is -1.65. The van der Waals surface area contributed by atoms with Gasteiger partial charge in [0.1, 0.15) is 0 Å². The van der Waals surface area contributed by atoms with Crippen molar-refractivity contribution >= 4 is 11.9 Å². The van der Waals surface area contributed by atoms with Crippen molar-refractivity contribution in [3.63, 3.8) is 0 Å². The van der Waals surface area contributed by atoms with Crippen molar-refractivity contribution in [2.45, 2.75) is 32.2 Å². The molecule has 0 bridgehead atoms. The average Bonchev–Trinajstić information content (AvgIpc) is 2.63. The van der Waals surface area contributed by atoms with Crippen LogP contribution < -0.4 is 0 Å². The summed E-state index contributed by atoms with van der Waals surface area (Å²) in [5, 5.41) is 4.11. The monoisotopic (exact) mass is 208 g/mol. The summed E-state index contributed by atoms with van der Waals surface area (Å²) < 4.78 is 6.28. The molecule has 1 fully saturated rings. The number of nitrogens with zero attached hydrogens (tertiary/aromatic N) is 2. The predicted molar refractivity (Wildman–Crippen MR) is 51.0 cm³/mol. The van der Waals surface area contributed by atoms with E-state index >= 15 is 0 Å². The van der Waals surface area contributed by atoms with Gasteiger partial charge in [0.25, 0.3) is 0 Å². The molecule has 0 unspecified atom stereocenters. The van der Waals surface area contributed by atoms with Crippen LogP contribution >= 0.6 is 0 Å². The van der Waals surface area contributed by atoms with Crippen molar-refractivity contribution < 1.29 is 14.3 Å². The Morgan fingerprint density at radius 3 is 2.73 bits per heavy atom. The third kappa shape index (κ3) is 1.91. The van der Waals surface area contributed by atoms with Gasteiger partial charge < -0.3 is 4.74 Å². The lowest BCUT2D eigenvalue weighted by molar-refractivity contribution is -0.164. The summed E-state index contributed by atoms with van der Waals surface area (Å²) in [4.78, 5) is 22.2. The van der Waals surface area contributed by atoms with Crippen LogP contribution in [0, 0.1) is 0 Å². The number of rotatable bonds is 2. The van der Waals surface area contributed by atoms with Crippen LogP contribution in [0.5, 0.6) is 0 Å².